The van der Waals surface area contributed by atoms with Crippen LogP contribution < -0.4 is 15.9 Å². The highest BCUT2D eigenvalue weighted by Gasteiger charge is 2.25. The standard InChI is InChI=1S/C46H28N6O3/c47-29-35-41(31-17-5-1-6-18-31)43(33-21-9-3-10-22-33)49-51(45(35)53)37-25-13-15-27-39(37)55-40-28-16-14-26-38(40)52-46(54)36(30-48)42(32-19-7-2-8-20-32)44(50-52)34-23-11-4-12-24-34/h1-28H. The summed E-state index contributed by atoms with van der Waals surface area (Å²) in [6.07, 6.45) is 0. The fourth-order valence-electron chi connectivity index (χ4n) is 6.51. The van der Waals surface area contributed by atoms with Crippen molar-refractivity contribution >= 4 is 0 Å². The Bertz CT molecular complexity index is 2700. The molecule has 0 spiro atoms. The smallest absolute Gasteiger partial charge is 0.290 e. The van der Waals surface area contributed by atoms with Gasteiger partial charge in [0.15, 0.2) is 11.5 Å². The molecule has 260 valence electrons. The van der Waals surface area contributed by atoms with E-state index in [0.29, 0.717) is 44.8 Å². The number of hydrogen-bond acceptors (Lipinski definition) is 7. The number of para-hydroxylation sites is 4. The molecule has 0 radical (unpaired) electrons. The molecule has 8 aromatic rings. The third kappa shape index (κ3) is 6.35. The maximum atomic E-state index is 14.2. The predicted octanol–water partition coefficient (Wildman–Crippen LogP) is 8.98. The minimum atomic E-state index is -0.633. The number of rotatable bonds is 8. The van der Waals surface area contributed by atoms with Crippen molar-refractivity contribution < 1.29 is 4.74 Å². The van der Waals surface area contributed by atoms with Gasteiger partial charge in [0.05, 0.1) is 0 Å². The molecule has 6 aromatic carbocycles. The molecule has 8 rings (SSSR count). The Hall–Kier alpha value is -8.14. The Kier molecular flexibility index (Phi) is 9.17. The van der Waals surface area contributed by atoms with E-state index in [4.69, 9.17) is 14.9 Å². The van der Waals surface area contributed by atoms with Crippen LogP contribution in [-0.4, -0.2) is 19.6 Å². The molecule has 0 unspecified atom stereocenters. The lowest BCUT2D eigenvalue weighted by Gasteiger charge is -2.19. The fourth-order valence-corrected chi connectivity index (χ4v) is 6.51. The van der Waals surface area contributed by atoms with Crippen LogP contribution in [0.25, 0.3) is 56.1 Å². The second-order valence-electron chi connectivity index (χ2n) is 12.4. The van der Waals surface area contributed by atoms with Gasteiger partial charge in [0, 0.05) is 22.3 Å². The zero-order chi connectivity index (χ0) is 37.7. The molecule has 0 aliphatic heterocycles. The van der Waals surface area contributed by atoms with E-state index in [1.165, 1.54) is 9.36 Å². The highest BCUT2D eigenvalue weighted by atomic mass is 16.5. The van der Waals surface area contributed by atoms with Crippen molar-refractivity contribution in [2.75, 3.05) is 0 Å². The molecule has 0 bridgehead atoms. The second-order valence-corrected chi connectivity index (χ2v) is 12.4. The number of nitriles is 2. The highest BCUT2D eigenvalue weighted by Crippen LogP contribution is 2.36. The lowest BCUT2D eigenvalue weighted by Crippen LogP contribution is -2.26. The van der Waals surface area contributed by atoms with Crippen LogP contribution in [0, 0.1) is 22.7 Å². The summed E-state index contributed by atoms with van der Waals surface area (Å²) in [4.78, 5) is 28.5. The average Bonchev–Trinajstić information content (AvgIpc) is 3.25. The van der Waals surface area contributed by atoms with Gasteiger partial charge in [-0.3, -0.25) is 9.59 Å². The monoisotopic (exact) mass is 712 g/mol. The topological polar surface area (TPSA) is 127 Å². The van der Waals surface area contributed by atoms with Crippen molar-refractivity contribution in [3.05, 3.63) is 202 Å². The largest absolute Gasteiger partial charge is 0.453 e. The first-order valence-electron chi connectivity index (χ1n) is 17.3. The quantitative estimate of drug-likeness (QED) is 0.154. The molecule has 0 saturated heterocycles. The van der Waals surface area contributed by atoms with Crippen LogP contribution in [0.4, 0.5) is 0 Å². The number of benzene rings is 6. The molecule has 0 atom stereocenters. The first kappa shape index (κ1) is 34.0. The van der Waals surface area contributed by atoms with Crippen LogP contribution in [0.2, 0.25) is 0 Å². The van der Waals surface area contributed by atoms with E-state index >= 15 is 0 Å². The molecular weight excluding hydrogens is 685 g/mol. The Morgan fingerprint density at radius 1 is 0.418 bits per heavy atom. The van der Waals surface area contributed by atoms with E-state index in [2.05, 4.69) is 12.1 Å². The number of ether oxygens (including phenoxy) is 1. The molecule has 9 heteroatoms. The van der Waals surface area contributed by atoms with Crippen molar-refractivity contribution in [3.8, 4) is 79.8 Å². The van der Waals surface area contributed by atoms with Gasteiger partial charge in [-0.05, 0) is 35.4 Å². The van der Waals surface area contributed by atoms with Crippen molar-refractivity contribution in [3.63, 3.8) is 0 Å². The van der Waals surface area contributed by atoms with Gasteiger partial charge in [-0.25, -0.2) is 0 Å². The van der Waals surface area contributed by atoms with E-state index in [1.807, 2.05) is 121 Å². The van der Waals surface area contributed by atoms with Gasteiger partial charge in [0.1, 0.15) is 46.0 Å². The Morgan fingerprint density at radius 2 is 0.727 bits per heavy atom. The summed E-state index contributed by atoms with van der Waals surface area (Å²) in [7, 11) is 0. The van der Waals surface area contributed by atoms with E-state index in [-0.39, 0.29) is 34.0 Å². The van der Waals surface area contributed by atoms with Crippen molar-refractivity contribution in [1.82, 2.24) is 19.6 Å². The van der Waals surface area contributed by atoms with E-state index in [0.717, 1.165) is 0 Å². The molecule has 0 aliphatic rings. The summed E-state index contributed by atoms with van der Waals surface area (Å²) in [6, 6.07) is 55.1. The molecular formula is C46H28N6O3. The number of nitrogens with zero attached hydrogens (tertiary/aromatic N) is 6. The van der Waals surface area contributed by atoms with Crippen molar-refractivity contribution in [2.24, 2.45) is 0 Å². The first-order chi connectivity index (χ1) is 27.1. The zero-order valence-electron chi connectivity index (χ0n) is 29.1. The summed E-state index contributed by atoms with van der Waals surface area (Å²) in [6.45, 7) is 0. The third-order valence-corrected chi connectivity index (χ3v) is 9.04. The normalized spacial score (nSPS) is 10.7. The van der Waals surface area contributed by atoms with Gasteiger partial charge in [-0.1, -0.05) is 146 Å². The van der Waals surface area contributed by atoms with Crippen LogP contribution in [-0.2, 0) is 0 Å². The molecule has 0 saturated carbocycles. The third-order valence-electron chi connectivity index (χ3n) is 9.04. The van der Waals surface area contributed by atoms with Gasteiger partial charge in [-0.2, -0.15) is 30.1 Å². The van der Waals surface area contributed by atoms with Crippen LogP contribution in [0.3, 0.4) is 0 Å². The zero-order valence-corrected chi connectivity index (χ0v) is 29.1. The van der Waals surface area contributed by atoms with Gasteiger partial charge >= 0.3 is 0 Å². The molecule has 0 amide bonds. The van der Waals surface area contributed by atoms with Gasteiger partial charge in [-0.15, -0.1) is 0 Å². The summed E-state index contributed by atoms with van der Waals surface area (Å²) >= 11 is 0. The Morgan fingerprint density at radius 3 is 1.07 bits per heavy atom. The SMILES string of the molecule is N#Cc1c(-c2ccccc2)c(-c2ccccc2)nn(-c2ccccc2Oc2ccccc2-n2nc(-c3ccccc3)c(-c3ccccc3)c(C#N)c2=O)c1=O. The van der Waals surface area contributed by atoms with Gasteiger partial charge in [0.2, 0.25) is 0 Å². The van der Waals surface area contributed by atoms with Gasteiger partial charge in [0.25, 0.3) is 11.1 Å². The number of hydrogen-bond donors (Lipinski definition) is 0. The van der Waals surface area contributed by atoms with E-state index in [9.17, 15) is 20.1 Å². The van der Waals surface area contributed by atoms with Gasteiger partial charge < -0.3 is 4.74 Å². The first-order valence-corrected chi connectivity index (χ1v) is 17.3. The Balaban J connectivity index is 1.31. The molecule has 2 aromatic heterocycles. The molecule has 55 heavy (non-hydrogen) atoms. The van der Waals surface area contributed by atoms with E-state index in [1.54, 1.807) is 48.5 Å². The highest BCUT2D eigenvalue weighted by molar-refractivity contribution is 5.86. The maximum Gasteiger partial charge on any atom is 0.290 e. The minimum absolute atomic E-state index is 0.0815. The number of aromatic nitrogens is 4. The molecule has 0 N–H and O–H groups in total. The van der Waals surface area contributed by atoms with E-state index < -0.39 is 11.1 Å². The average molecular weight is 713 g/mol. The second kappa shape index (κ2) is 14.8. The minimum Gasteiger partial charge on any atom is -0.453 e. The van der Waals surface area contributed by atoms with Crippen molar-refractivity contribution in [2.45, 2.75) is 0 Å². The van der Waals surface area contributed by atoms with Crippen LogP contribution in [0.5, 0.6) is 11.5 Å². The molecule has 0 aliphatic carbocycles. The summed E-state index contributed by atoms with van der Waals surface area (Å²) < 4.78 is 8.91. The van der Waals surface area contributed by atoms with Crippen molar-refractivity contribution in [1.29, 1.82) is 10.5 Å². The lowest BCUT2D eigenvalue weighted by atomic mass is 9.96. The van der Waals surface area contributed by atoms with Crippen LogP contribution in [0.1, 0.15) is 11.1 Å². The summed E-state index contributed by atoms with van der Waals surface area (Å²) in [5.41, 5.74) is 3.58. The van der Waals surface area contributed by atoms with Crippen LogP contribution >= 0.6 is 0 Å². The Labute approximate surface area is 315 Å². The molecule has 2 heterocycles. The summed E-state index contributed by atoms with van der Waals surface area (Å²) in [5.74, 6) is 0.440. The van der Waals surface area contributed by atoms with Crippen LogP contribution in [0.15, 0.2) is 179 Å². The molecule has 9 nitrogen and oxygen atoms in total. The predicted molar refractivity (Wildman–Crippen MR) is 211 cm³/mol. The lowest BCUT2D eigenvalue weighted by molar-refractivity contribution is 0.472. The fraction of sp³-hybridized carbons (Fsp3) is 0. The summed E-state index contributed by atoms with van der Waals surface area (Å²) in [5, 5.41) is 30.6. The maximum absolute atomic E-state index is 14.2. The molecule has 0 fully saturated rings.